The van der Waals surface area contributed by atoms with Crippen LogP contribution in [0.3, 0.4) is 0 Å². The number of carbonyl (C=O) groups is 1. The first-order valence-corrected chi connectivity index (χ1v) is 5.78. The Balaban J connectivity index is 2.24. The number of hydrogen-bond donors (Lipinski definition) is 2. The van der Waals surface area contributed by atoms with Gasteiger partial charge in [0.05, 0.1) is 6.61 Å². The van der Waals surface area contributed by atoms with Gasteiger partial charge in [-0.15, -0.1) is 0 Å². The van der Waals surface area contributed by atoms with Gasteiger partial charge < -0.3 is 9.64 Å². The first kappa shape index (κ1) is 12.6. The molecule has 1 atom stereocenters. The first-order chi connectivity index (χ1) is 8.58. The second-order valence-corrected chi connectivity index (χ2v) is 4.58. The van der Waals surface area contributed by atoms with Gasteiger partial charge in [0.1, 0.15) is 11.4 Å². The van der Waals surface area contributed by atoms with Crippen molar-refractivity contribution in [2.45, 2.75) is 19.0 Å². The minimum atomic E-state index is -0.721. The maximum atomic E-state index is 11.9. The summed E-state index contributed by atoms with van der Waals surface area (Å²) < 4.78 is 5.14. The summed E-state index contributed by atoms with van der Waals surface area (Å²) in [5.41, 5.74) is 0.312. The normalized spacial score (nSPS) is 23.3. The Hall–Kier alpha value is -1.88. The summed E-state index contributed by atoms with van der Waals surface area (Å²) in [5, 5.41) is 10.4. The van der Waals surface area contributed by atoms with Gasteiger partial charge in [-0.2, -0.15) is 0 Å². The van der Waals surface area contributed by atoms with Crippen LogP contribution in [0.1, 0.15) is 12.5 Å². The minimum Gasteiger partial charge on any atom is -0.382 e. The number of nitrogens with one attached hydrogen (secondary N) is 2. The van der Waals surface area contributed by atoms with E-state index < -0.39 is 5.54 Å². The van der Waals surface area contributed by atoms with Crippen LogP contribution < -0.4 is 5.32 Å². The Morgan fingerprint density at radius 1 is 1.39 bits per heavy atom. The lowest BCUT2D eigenvalue weighted by Gasteiger charge is -2.32. The fourth-order valence-corrected chi connectivity index (χ4v) is 2.11. The molecule has 2 amide bonds. The van der Waals surface area contributed by atoms with Gasteiger partial charge in [-0.05, 0) is 12.5 Å². The van der Waals surface area contributed by atoms with Crippen molar-refractivity contribution in [2.75, 3.05) is 13.7 Å². The molecule has 5 nitrogen and oxygen atoms in total. The monoisotopic (exact) mass is 247 g/mol. The summed E-state index contributed by atoms with van der Waals surface area (Å²) >= 11 is 0. The van der Waals surface area contributed by atoms with E-state index in [1.807, 2.05) is 37.3 Å². The molecule has 1 aliphatic heterocycles. The highest BCUT2D eigenvalue weighted by Crippen LogP contribution is 2.24. The molecule has 18 heavy (non-hydrogen) atoms. The van der Waals surface area contributed by atoms with Gasteiger partial charge in [-0.1, -0.05) is 30.3 Å². The van der Waals surface area contributed by atoms with E-state index in [1.165, 1.54) is 0 Å². The molecule has 0 aliphatic carbocycles. The van der Waals surface area contributed by atoms with Crippen molar-refractivity contribution in [3.63, 3.8) is 0 Å². The van der Waals surface area contributed by atoms with Crippen LogP contribution in [0.15, 0.2) is 30.3 Å². The molecule has 1 aliphatic rings. The third-order valence-electron chi connectivity index (χ3n) is 3.22. The van der Waals surface area contributed by atoms with E-state index in [-0.39, 0.29) is 11.9 Å². The standard InChI is InChI=1S/C13H17N3O2/c1-13(9-18-2)11(14)15-12(17)16(13)8-10-6-4-3-5-7-10/h3-7H,8-9H2,1-2H3,(H2,14,15,17). The van der Waals surface area contributed by atoms with Crippen molar-refractivity contribution < 1.29 is 9.53 Å². The Labute approximate surface area is 106 Å². The number of benzene rings is 1. The highest BCUT2D eigenvalue weighted by Gasteiger charge is 2.46. The Kier molecular flexibility index (Phi) is 3.34. The molecular formula is C13H17N3O2. The molecule has 96 valence electrons. The van der Waals surface area contributed by atoms with Gasteiger partial charge >= 0.3 is 6.03 Å². The molecule has 1 fully saturated rings. The zero-order valence-corrected chi connectivity index (χ0v) is 10.6. The molecule has 1 aromatic carbocycles. The fraction of sp³-hybridized carbons (Fsp3) is 0.385. The van der Waals surface area contributed by atoms with E-state index in [2.05, 4.69) is 5.32 Å². The predicted molar refractivity (Wildman–Crippen MR) is 68.5 cm³/mol. The molecule has 1 aromatic rings. The van der Waals surface area contributed by atoms with Gasteiger partial charge in [0.25, 0.3) is 0 Å². The lowest BCUT2D eigenvalue weighted by Crippen LogP contribution is -2.49. The largest absolute Gasteiger partial charge is 0.382 e. The summed E-state index contributed by atoms with van der Waals surface area (Å²) in [5.74, 6) is 0.185. The molecular weight excluding hydrogens is 230 g/mol. The van der Waals surface area contributed by atoms with Gasteiger partial charge in [0.2, 0.25) is 0 Å². The molecule has 0 radical (unpaired) electrons. The van der Waals surface area contributed by atoms with E-state index >= 15 is 0 Å². The van der Waals surface area contributed by atoms with Gasteiger partial charge in [-0.3, -0.25) is 10.7 Å². The summed E-state index contributed by atoms with van der Waals surface area (Å²) in [6.07, 6.45) is 0. The van der Waals surface area contributed by atoms with Crippen molar-refractivity contribution in [2.24, 2.45) is 0 Å². The van der Waals surface area contributed by atoms with Crippen LogP contribution in [0.25, 0.3) is 0 Å². The van der Waals surface area contributed by atoms with E-state index in [4.69, 9.17) is 10.1 Å². The van der Waals surface area contributed by atoms with Crippen molar-refractivity contribution in [1.29, 1.82) is 5.41 Å². The number of rotatable bonds is 4. The Morgan fingerprint density at radius 3 is 2.67 bits per heavy atom. The quantitative estimate of drug-likeness (QED) is 0.848. The second kappa shape index (κ2) is 4.78. The van der Waals surface area contributed by atoms with E-state index in [9.17, 15) is 4.79 Å². The van der Waals surface area contributed by atoms with Crippen LogP contribution in [0.4, 0.5) is 4.79 Å². The second-order valence-electron chi connectivity index (χ2n) is 4.58. The maximum absolute atomic E-state index is 11.9. The van der Waals surface area contributed by atoms with Crippen LogP contribution in [0.5, 0.6) is 0 Å². The van der Waals surface area contributed by atoms with Gasteiger partial charge in [0.15, 0.2) is 0 Å². The molecule has 2 rings (SSSR count). The molecule has 2 N–H and O–H groups in total. The Morgan fingerprint density at radius 2 is 2.06 bits per heavy atom. The van der Waals surface area contributed by atoms with E-state index in [1.54, 1.807) is 12.0 Å². The smallest absolute Gasteiger partial charge is 0.324 e. The molecule has 0 aromatic heterocycles. The van der Waals surface area contributed by atoms with Crippen LogP contribution in [-0.4, -0.2) is 36.0 Å². The highest BCUT2D eigenvalue weighted by molar-refractivity contribution is 6.08. The zero-order valence-electron chi connectivity index (χ0n) is 10.6. The fourth-order valence-electron chi connectivity index (χ4n) is 2.11. The molecule has 1 saturated heterocycles. The number of amides is 2. The number of carbonyl (C=O) groups excluding carboxylic acids is 1. The number of nitrogens with zero attached hydrogens (tertiary/aromatic N) is 1. The Bertz CT molecular complexity index is 461. The molecule has 0 saturated carbocycles. The van der Waals surface area contributed by atoms with E-state index in [0.717, 1.165) is 5.56 Å². The lowest BCUT2D eigenvalue weighted by molar-refractivity contribution is 0.0912. The number of urea groups is 1. The summed E-state index contributed by atoms with van der Waals surface area (Å²) in [6.45, 7) is 2.60. The van der Waals surface area contributed by atoms with Crippen molar-refractivity contribution in [3.8, 4) is 0 Å². The number of hydrogen-bond acceptors (Lipinski definition) is 3. The highest BCUT2D eigenvalue weighted by atomic mass is 16.5. The molecule has 1 heterocycles. The lowest BCUT2D eigenvalue weighted by atomic mass is 10.0. The molecule has 0 spiro atoms. The predicted octanol–water partition coefficient (Wildman–Crippen LogP) is 1.59. The van der Waals surface area contributed by atoms with Crippen molar-refractivity contribution >= 4 is 11.9 Å². The average Bonchev–Trinajstić information content (AvgIpc) is 2.55. The van der Waals surface area contributed by atoms with Gasteiger partial charge in [-0.25, -0.2) is 4.79 Å². The van der Waals surface area contributed by atoms with Crippen molar-refractivity contribution in [3.05, 3.63) is 35.9 Å². The van der Waals surface area contributed by atoms with Crippen LogP contribution >= 0.6 is 0 Å². The average molecular weight is 247 g/mol. The number of amidine groups is 1. The van der Waals surface area contributed by atoms with Gasteiger partial charge in [0, 0.05) is 13.7 Å². The van der Waals surface area contributed by atoms with Crippen LogP contribution in [0, 0.1) is 5.41 Å². The minimum absolute atomic E-state index is 0.185. The topological polar surface area (TPSA) is 65.4 Å². The SMILES string of the molecule is COCC1(C)C(=N)NC(=O)N1Cc1ccccc1. The summed E-state index contributed by atoms with van der Waals surface area (Å²) in [4.78, 5) is 13.5. The third kappa shape index (κ3) is 2.09. The number of ether oxygens (including phenoxy) is 1. The summed E-state index contributed by atoms with van der Waals surface area (Å²) in [6, 6.07) is 9.47. The zero-order chi connectivity index (χ0) is 13.2. The van der Waals surface area contributed by atoms with Crippen molar-refractivity contribution in [1.82, 2.24) is 10.2 Å². The van der Waals surface area contributed by atoms with Crippen LogP contribution in [-0.2, 0) is 11.3 Å². The van der Waals surface area contributed by atoms with Crippen LogP contribution in [0.2, 0.25) is 0 Å². The summed E-state index contributed by atoms with van der Waals surface area (Å²) in [7, 11) is 1.57. The number of methoxy groups -OCH3 is 1. The molecule has 1 unspecified atom stereocenters. The maximum Gasteiger partial charge on any atom is 0.324 e. The third-order valence-corrected chi connectivity index (χ3v) is 3.22. The van der Waals surface area contributed by atoms with E-state index in [0.29, 0.717) is 13.2 Å². The molecule has 5 heteroatoms. The molecule has 0 bridgehead atoms. The first-order valence-electron chi connectivity index (χ1n) is 5.78.